The second kappa shape index (κ2) is 8.23. The molecule has 0 saturated carbocycles. The first kappa shape index (κ1) is 18.4. The predicted octanol–water partition coefficient (Wildman–Crippen LogP) is 0.318. The van der Waals surface area contributed by atoms with E-state index in [1.165, 1.54) is 6.92 Å². The van der Waals surface area contributed by atoms with Crippen LogP contribution in [0.4, 0.5) is 0 Å². The highest BCUT2D eigenvalue weighted by Crippen LogP contribution is 2.27. The van der Waals surface area contributed by atoms with Crippen molar-refractivity contribution in [2.75, 3.05) is 13.1 Å². The SMILES string of the molecule is CCC[C@H](NC(C)=O)C(=O)N1CCC(c2nnc(CO)n2C)CC1. The van der Waals surface area contributed by atoms with Crippen LogP contribution in [-0.2, 0) is 23.2 Å². The molecule has 8 nitrogen and oxygen atoms in total. The normalized spacial score (nSPS) is 16.9. The number of piperidine rings is 1. The molecule has 1 saturated heterocycles. The minimum Gasteiger partial charge on any atom is -0.388 e. The molecule has 0 spiro atoms. The van der Waals surface area contributed by atoms with Crippen LogP contribution in [0.3, 0.4) is 0 Å². The van der Waals surface area contributed by atoms with E-state index in [4.69, 9.17) is 0 Å². The zero-order chi connectivity index (χ0) is 17.7. The molecule has 8 heteroatoms. The predicted molar refractivity (Wildman–Crippen MR) is 88.0 cm³/mol. The van der Waals surface area contributed by atoms with Gasteiger partial charge in [-0.2, -0.15) is 0 Å². The number of nitrogens with one attached hydrogen (secondary N) is 1. The number of nitrogens with zero attached hydrogens (tertiary/aromatic N) is 4. The summed E-state index contributed by atoms with van der Waals surface area (Å²) in [5.74, 6) is 1.47. The fraction of sp³-hybridized carbons (Fsp3) is 0.750. The molecule has 1 aliphatic rings. The maximum Gasteiger partial charge on any atom is 0.245 e. The molecular formula is C16H27N5O3. The monoisotopic (exact) mass is 337 g/mol. The maximum atomic E-state index is 12.6. The number of rotatable bonds is 6. The van der Waals surface area contributed by atoms with E-state index < -0.39 is 6.04 Å². The van der Waals surface area contributed by atoms with Crippen LogP contribution >= 0.6 is 0 Å². The largest absolute Gasteiger partial charge is 0.388 e. The van der Waals surface area contributed by atoms with Crippen molar-refractivity contribution in [3.05, 3.63) is 11.6 Å². The van der Waals surface area contributed by atoms with E-state index in [2.05, 4.69) is 15.5 Å². The average Bonchev–Trinajstić information content (AvgIpc) is 2.94. The van der Waals surface area contributed by atoms with Crippen molar-refractivity contribution in [2.24, 2.45) is 7.05 Å². The Morgan fingerprint density at radius 3 is 2.50 bits per heavy atom. The Labute approximate surface area is 142 Å². The Hall–Kier alpha value is -1.96. The van der Waals surface area contributed by atoms with Gasteiger partial charge in [-0.1, -0.05) is 13.3 Å². The lowest BCUT2D eigenvalue weighted by molar-refractivity contribution is -0.137. The first-order valence-electron chi connectivity index (χ1n) is 8.52. The zero-order valence-corrected chi connectivity index (χ0v) is 14.7. The molecule has 2 amide bonds. The quantitative estimate of drug-likeness (QED) is 0.778. The molecule has 2 heterocycles. The van der Waals surface area contributed by atoms with Gasteiger partial charge in [-0.05, 0) is 19.3 Å². The van der Waals surface area contributed by atoms with Gasteiger partial charge in [0.25, 0.3) is 0 Å². The first-order valence-corrected chi connectivity index (χ1v) is 8.52. The Kier molecular flexibility index (Phi) is 6.30. The summed E-state index contributed by atoms with van der Waals surface area (Å²) in [7, 11) is 1.85. The molecule has 0 radical (unpaired) electrons. The van der Waals surface area contributed by atoms with Gasteiger partial charge in [0.2, 0.25) is 11.8 Å². The number of hydrogen-bond donors (Lipinski definition) is 2. The second-order valence-electron chi connectivity index (χ2n) is 6.33. The van der Waals surface area contributed by atoms with Gasteiger partial charge in [0.15, 0.2) is 5.82 Å². The molecule has 2 N–H and O–H groups in total. The minimum atomic E-state index is -0.431. The van der Waals surface area contributed by atoms with Crippen LogP contribution in [0.15, 0.2) is 0 Å². The highest BCUT2D eigenvalue weighted by atomic mass is 16.3. The summed E-state index contributed by atoms with van der Waals surface area (Å²) in [5.41, 5.74) is 0. The average molecular weight is 337 g/mol. The molecule has 1 fully saturated rings. The third kappa shape index (κ3) is 4.11. The lowest BCUT2D eigenvalue weighted by Crippen LogP contribution is -2.50. The Morgan fingerprint density at radius 1 is 1.33 bits per heavy atom. The Balaban J connectivity index is 1.96. The molecule has 1 aliphatic heterocycles. The summed E-state index contributed by atoms with van der Waals surface area (Å²) in [6, 6.07) is -0.431. The Morgan fingerprint density at radius 2 is 2.00 bits per heavy atom. The van der Waals surface area contributed by atoms with Gasteiger partial charge in [-0.25, -0.2) is 0 Å². The van der Waals surface area contributed by atoms with Crippen LogP contribution in [0.2, 0.25) is 0 Å². The number of amides is 2. The third-order valence-electron chi connectivity index (χ3n) is 4.56. The number of aromatic nitrogens is 3. The topological polar surface area (TPSA) is 100 Å². The number of carbonyl (C=O) groups excluding carboxylic acids is 2. The molecule has 0 aliphatic carbocycles. The molecule has 2 rings (SSSR count). The van der Waals surface area contributed by atoms with Crippen LogP contribution in [0.1, 0.15) is 57.1 Å². The van der Waals surface area contributed by atoms with E-state index in [0.29, 0.717) is 25.3 Å². The minimum absolute atomic E-state index is 0.000451. The van der Waals surface area contributed by atoms with Crippen LogP contribution in [0, 0.1) is 0 Å². The van der Waals surface area contributed by atoms with Gasteiger partial charge < -0.3 is 19.9 Å². The van der Waals surface area contributed by atoms with Crippen molar-refractivity contribution in [3.8, 4) is 0 Å². The summed E-state index contributed by atoms with van der Waals surface area (Å²) >= 11 is 0. The molecule has 0 unspecified atom stereocenters. The number of likely N-dealkylation sites (tertiary alicyclic amines) is 1. The van der Waals surface area contributed by atoms with Gasteiger partial charge in [-0.3, -0.25) is 9.59 Å². The lowest BCUT2D eigenvalue weighted by atomic mass is 9.95. The van der Waals surface area contributed by atoms with E-state index in [1.807, 2.05) is 23.4 Å². The van der Waals surface area contributed by atoms with E-state index in [1.54, 1.807) is 0 Å². The van der Waals surface area contributed by atoms with Crippen LogP contribution < -0.4 is 5.32 Å². The van der Waals surface area contributed by atoms with Crippen LogP contribution in [-0.4, -0.2) is 55.7 Å². The molecule has 134 valence electrons. The van der Waals surface area contributed by atoms with E-state index in [0.717, 1.165) is 25.1 Å². The third-order valence-corrected chi connectivity index (χ3v) is 4.56. The van der Waals surface area contributed by atoms with Gasteiger partial charge in [0.1, 0.15) is 18.5 Å². The summed E-state index contributed by atoms with van der Waals surface area (Å²) < 4.78 is 1.83. The van der Waals surface area contributed by atoms with Gasteiger partial charge in [0.05, 0.1) is 0 Å². The van der Waals surface area contributed by atoms with Gasteiger partial charge in [-0.15, -0.1) is 10.2 Å². The standard InChI is InChI=1S/C16H27N5O3/c1-4-5-13(17-11(2)23)16(24)21-8-6-12(7-9-21)15-19-18-14(10-22)20(15)3/h12-13,22H,4-10H2,1-3H3,(H,17,23)/t13-/m0/s1. The number of aliphatic hydroxyl groups excluding tert-OH is 1. The fourth-order valence-electron chi connectivity index (χ4n) is 3.24. The second-order valence-corrected chi connectivity index (χ2v) is 6.33. The summed E-state index contributed by atoms with van der Waals surface area (Å²) in [6.45, 7) is 4.60. The highest BCUT2D eigenvalue weighted by Gasteiger charge is 2.30. The van der Waals surface area contributed by atoms with Gasteiger partial charge >= 0.3 is 0 Å². The highest BCUT2D eigenvalue weighted by molar-refractivity contribution is 5.86. The van der Waals surface area contributed by atoms with Crippen molar-refractivity contribution in [3.63, 3.8) is 0 Å². The van der Waals surface area contributed by atoms with E-state index in [-0.39, 0.29) is 24.3 Å². The summed E-state index contributed by atoms with van der Waals surface area (Å²) in [4.78, 5) is 25.8. The van der Waals surface area contributed by atoms with E-state index >= 15 is 0 Å². The molecular weight excluding hydrogens is 310 g/mol. The summed E-state index contributed by atoms with van der Waals surface area (Å²) in [5, 5.41) is 20.1. The number of aliphatic hydroxyl groups is 1. The van der Waals surface area contributed by atoms with Crippen molar-refractivity contribution in [1.82, 2.24) is 25.0 Å². The van der Waals surface area contributed by atoms with Crippen LogP contribution in [0.5, 0.6) is 0 Å². The maximum absolute atomic E-state index is 12.6. The molecule has 24 heavy (non-hydrogen) atoms. The van der Waals surface area contributed by atoms with Crippen molar-refractivity contribution in [1.29, 1.82) is 0 Å². The molecule has 1 aromatic rings. The van der Waals surface area contributed by atoms with Crippen molar-refractivity contribution >= 4 is 11.8 Å². The fourth-order valence-corrected chi connectivity index (χ4v) is 3.24. The molecule has 1 aromatic heterocycles. The smallest absolute Gasteiger partial charge is 0.245 e. The van der Waals surface area contributed by atoms with Crippen molar-refractivity contribution in [2.45, 2.75) is 58.1 Å². The number of hydrogen-bond acceptors (Lipinski definition) is 5. The number of carbonyl (C=O) groups is 2. The molecule has 0 bridgehead atoms. The van der Waals surface area contributed by atoms with E-state index in [9.17, 15) is 14.7 Å². The van der Waals surface area contributed by atoms with Gasteiger partial charge in [0, 0.05) is 33.0 Å². The zero-order valence-electron chi connectivity index (χ0n) is 14.7. The first-order chi connectivity index (χ1) is 11.5. The summed E-state index contributed by atoms with van der Waals surface area (Å²) in [6.07, 6.45) is 3.11. The molecule has 0 aromatic carbocycles. The Bertz CT molecular complexity index is 578. The molecule has 1 atom stereocenters. The van der Waals surface area contributed by atoms with Crippen LogP contribution in [0.25, 0.3) is 0 Å². The van der Waals surface area contributed by atoms with Crippen molar-refractivity contribution < 1.29 is 14.7 Å². The lowest BCUT2D eigenvalue weighted by Gasteiger charge is -2.34.